The average molecular weight is 827 g/mol. The van der Waals surface area contributed by atoms with E-state index in [2.05, 4.69) is 188 Å². The van der Waals surface area contributed by atoms with Gasteiger partial charge in [0.2, 0.25) is 0 Å². The van der Waals surface area contributed by atoms with Crippen LogP contribution in [0.2, 0.25) is 0 Å². The summed E-state index contributed by atoms with van der Waals surface area (Å²) in [5.74, 6) is -0.422. The van der Waals surface area contributed by atoms with Crippen LogP contribution in [0.5, 0.6) is 0 Å². The molecule has 0 radical (unpaired) electrons. The first-order valence-corrected chi connectivity index (χ1v) is 22.2. The minimum atomic E-state index is -0.321. The zero-order valence-corrected chi connectivity index (χ0v) is 35.3. The lowest BCUT2D eigenvalue weighted by atomic mass is 9.89. The molecule has 2 unspecified atom stereocenters. The summed E-state index contributed by atoms with van der Waals surface area (Å²) >= 11 is 3.31. The van der Waals surface area contributed by atoms with Gasteiger partial charge in [-0.3, -0.25) is 15.0 Å². The second-order valence-electron chi connectivity index (χ2n) is 15.9. The van der Waals surface area contributed by atoms with E-state index in [1.807, 2.05) is 0 Å². The number of ketones is 1. The van der Waals surface area contributed by atoms with E-state index >= 15 is 4.79 Å². The number of aryl methyl sites for hydroxylation is 2. The molecule has 10 rings (SSSR count). The summed E-state index contributed by atoms with van der Waals surface area (Å²) in [4.78, 5) is 21.6. The molecule has 6 aromatic heterocycles. The molecule has 0 saturated heterocycles. The van der Waals surface area contributed by atoms with Gasteiger partial charge in [0.1, 0.15) is 0 Å². The van der Waals surface area contributed by atoms with Crippen molar-refractivity contribution in [3.05, 3.63) is 189 Å². The summed E-state index contributed by atoms with van der Waals surface area (Å²) in [6.07, 6.45) is 20.4. The Kier molecular flexibility index (Phi) is 10.3. The minimum absolute atomic E-state index is 0.219. The molecule has 0 saturated carbocycles. The topological polar surface area (TPSA) is 90.8 Å². The quantitative estimate of drug-likeness (QED) is 0.114. The Labute approximate surface area is 357 Å². The highest BCUT2D eigenvalue weighted by Gasteiger charge is 2.33. The molecule has 8 heterocycles. The first-order valence-electron chi connectivity index (χ1n) is 20.5. The molecule has 300 valence electrons. The Morgan fingerprint density at radius 3 is 1.57 bits per heavy atom. The SMILES string of the molecule is Cn1cc(Cc2cc(C3=CN(CC(C(=O)C(CN4C=CCC(c5cc(Cc6cn(C)c7ccccc67)[nH]n5)=C4)c4cccs4)c4cccs4)C=CC3)n[nH]2)c2ccccc21. The number of carbonyl (C=O) groups is 1. The molecule has 9 nitrogen and oxygen atoms in total. The molecule has 2 N–H and O–H groups in total. The van der Waals surface area contributed by atoms with E-state index in [0.29, 0.717) is 13.1 Å². The molecule has 0 aliphatic carbocycles. The molecule has 2 aromatic carbocycles. The zero-order valence-electron chi connectivity index (χ0n) is 33.7. The van der Waals surface area contributed by atoms with Gasteiger partial charge in [0.15, 0.2) is 5.78 Å². The smallest absolute Gasteiger partial charge is 0.153 e. The van der Waals surface area contributed by atoms with Crippen molar-refractivity contribution in [2.24, 2.45) is 14.1 Å². The van der Waals surface area contributed by atoms with E-state index in [-0.39, 0.29) is 17.6 Å². The summed E-state index contributed by atoms with van der Waals surface area (Å²) < 4.78 is 4.37. The van der Waals surface area contributed by atoms with Crippen LogP contribution in [0.15, 0.2) is 145 Å². The molecule has 0 bridgehead atoms. The number of H-pyrrole nitrogens is 2. The van der Waals surface area contributed by atoms with Crippen LogP contribution in [0.25, 0.3) is 33.0 Å². The number of nitrogens with one attached hydrogen (secondary N) is 2. The first-order chi connectivity index (χ1) is 29.4. The number of para-hydroxylation sites is 2. The third-order valence-electron chi connectivity index (χ3n) is 11.8. The molecule has 0 amide bonds. The number of aromatic amines is 2. The van der Waals surface area contributed by atoms with Gasteiger partial charge in [-0.25, -0.2) is 0 Å². The number of aromatic nitrogens is 6. The maximum absolute atomic E-state index is 15.1. The monoisotopic (exact) mass is 826 g/mol. The first kappa shape index (κ1) is 37.8. The molecule has 0 fully saturated rings. The second-order valence-corrected chi connectivity index (χ2v) is 17.9. The third-order valence-corrected chi connectivity index (χ3v) is 13.8. The number of nitrogens with zero attached hydrogens (tertiary/aromatic N) is 6. The van der Waals surface area contributed by atoms with E-state index in [1.54, 1.807) is 22.7 Å². The number of hydrogen-bond donors (Lipinski definition) is 2. The molecule has 2 aliphatic heterocycles. The number of thiophene rings is 2. The van der Waals surface area contributed by atoms with Crippen LogP contribution in [0.1, 0.15) is 68.3 Å². The number of fused-ring (bicyclic) bond motifs is 2. The molecule has 2 aliphatic rings. The molecule has 8 aromatic rings. The van der Waals surface area contributed by atoms with E-state index < -0.39 is 0 Å². The van der Waals surface area contributed by atoms with Gasteiger partial charge in [0.25, 0.3) is 0 Å². The molecular formula is C49H46N8OS2. The van der Waals surface area contributed by atoms with Crippen LogP contribution in [0.4, 0.5) is 0 Å². The van der Waals surface area contributed by atoms with Crippen molar-refractivity contribution >= 4 is 61.4 Å². The fraction of sp³-hybridized carbons (Fsp3) is 0.204. The maximum atomic E-state index is 15.1. The summed E-state index contributed by atoms with van der Waals surface area (Å²) in [5.41, 5.74) is 11.3. The van der Waals surface area contributed by atoms with Crippen LogP contribution in [0.3, 0.4) is 0 Å². The van der Waals surface area contributed by atoms with Crippen LogP contribution in [0, 0.1) is 0 Å². The summed E-state index contributed by atoms with van der Waals surface area (Å²) in [6.45, 7) is 1.08. The highest BCUT2D eigenvalue weighted by atomic mass is 32.1. The summed E-state index contributed by atoms with van der Waals surface area (Å²) in [6, 6.07) is 29.7. The molecule has 0 spiro atoms. The predicted octanol–water partition coefficient (Wildman–Crippen LogP) is 10.4. The van der Waals surface area contributed by atoms with Gasteiger partial charge in [0, 0.05) is 108 Å². The third kappa shape index (κ3) is 7.62. The van der Waals surface area contributed by atoms with Crippen LogP contribution < -0.4 is 0 Å². The predicted molar refractivity (Wildman–Crippen MR) is 245 cm³/mol. The average Bonchev–Trinajstić information content (AvgIpc) is 4.15. The van der Waals surface area contributed by atoms with E-state index in [4.69, 9.17) is 10.2 Å². The van der Waals surface area contributed by atoms with Crippen molar-refractivity contribution in [1.82, 2.24) is 39.3 Å². The van der Waals surface area contributed by atoms with Gasteiger partial charge >= 0.3 is 0 Å². The molecular weight excluding hydrogens is 781 g/mol. The Morgan fingerprint density at radius 1 is 0.650 bits per heavy atom. The van der Waals surface area contributed by atoms with Crippen molar-refractivity contribution in [3.8, 4) is 0 Å². The van der Waals surface area contributed by atoms with Gasteiger partial charge < -0.3 is 18.9 Å². The number of Topliss-reactive ketones (excluding diaryl/α,β-unsaturated/α-hetero) is 1. The number of benzene rings is 2. The molecule has 60 heavy (non-hydrogen) atoms. The van der Waals surface area contributed by atoms with Crippen molar-refractivity contribution in [2.75, 3.05) is 13.1 Å². The van der Waals surface area contributed by atoms with E-state index in [0.717, 1.165) is 69.4 Å². The van der Waals surface area contributed by atoms with Gasteiger partial charge in [-0.2, -0.15) is 10.2 Å². The number of hydrogen-bond acceptors (Lipinski definition) is 7. The summed E-state index contributed by atoms with van der Waals surface area (Å²) in [7, 11) is 4.19. The highest BCUT2D eigenvalue weighted by molar-refractivity contribution is 7.10. The maximum Gasteiger partial charge on any atom is 0.153 e. The van der Waals surface area contributed by atoms with Crippen LogP contribution in [-0.4, -0.2) is 58.2 Å². The van der Waals surface area contributed by atoms with E-state index in [1.165, 1.54) is 32.9 Å². The lowest BCUT2D eigenvalue weighted by Crippen LogP contribution is -2.33. The van der Waals surface area contributed by atoms with E-state index in [9.17, 15) is 0 Å². The Bertz CT molecular complexity index is 2720. The van der Waals surface area contributed by atoms with Crippen molar-refractivity contribution in [1.29, 1.82) is 0 Å². The molecule has 11 heteroatoms. The normalized spacial score (nSPS) is 15.2. The van der Waals surface area contributed by atoms with Crippen LogP contribution >= 0.6 is 22.7 Å². The second kappa shape index (κ2) is 16.3. The number of allylic oxidation sites excluding steroid dienone is 4. The standard InChI is InChI=1S/C49H46N8OS2/c1-54-27-35(39-13-3-5-15-45(39)54)23-37-25-43(52-50-37)33-11-7-19-56(29-33)31-41(47-17-9-21-59-47)49(58)42(48-18-10-22-60-48)32-57-20-8-12-34(30-57)44-26-38(51-53-44)24-36-28-55(2)46-16-6-4-14-40(36)46/h3-10,13-22,25-30,41-42H,11-12,23-24,31-32H2,1-2H3,(H,50,52)(H,51,53). The highest BCUT2D eigenvalue weighted by Crippen LogP contribution is 2.36. The zero-order chi connectivity index (χ0) is 40.6. The van der Waals surface area contributed by atoms with Gasteiger partial charge in [-0.1, -0.05) is 60.7 Å². The van der Waals surface area contributed by atoms with Crippen molar-refractivity contribution in [3.63, 3.8) is 0 Å². The Hall–Kier alpha value is -6.43. The van der Waals surface area contributed by atoms with Gasteiger partial charge in [-0.15, -0.1) is 22.7 Å². The Balaban J connectivity index is 0.866. The van der Waals surface area contributed by atoms with Crippen molar-refractivity contribution in [2.45, 2.75) is 37.5 Å². The minimum Gasteiger partial charge on any atom is -0.353 e. The fourth-order valence-corrected chi connectivity index (χ4v) is 10.5. The number of rotatable bonds is 14. The largest absolute Gasteiger partial charge is 0.353 e. The Morgan fingerprint density at radius 2 is 1.12 bits per heavy atom. The lowest BCUT2D eigenvalue weighted by Gasteiger charge is -2.30. The van der Waals surface area contributed by atoms with Gasteiger partial charge in [-0.05, 0) is 94.7 Å². The molecule has 2 atom stereocenters. The van der Waals surface area contributed by atoms with Gasteiger partial charge in [0.05, 0.1) is 23.2 Å². The number of carbonyl (C=O) groups excluding carboxylic acids is 1. The lowest BCUT2D eigenvalue weighted by molar-refractivity contribution is -0.122. The van der Waals surface area contributed by atoms with Crippen molar-refractivity contribution < 1.29 is 4.79 Å². The fourth-order valence-electron chi connectivity index (χ4n) is 8.85. The van der Waals surface area contributed by atoms with Crippen LogP contribution in [-0.2, 0) is 31.7 Å². The summed E-state index contributed by atoms with van der Waals surface area (Å²) in [5, 5.41) is 22.8.